The third-order valence-corrected chi connectivity index (χ3v) is 1.98. The topological polar surface area (TPSA) is 20.2 Å². The van der Waals surface area contributed by atoms with Crippen LogP contribution in [0.15, 0.2) is 0 Å². The SMILES string of the molecule is [2H]C([2H])(O)C1(C)CCCC1. The zero-order valence-corrected chi connectivity index (χ0v) is 5.28. The highest BCUT2D eigenvalue weighted by Crippen LogP contribution is 2.36. The Morgan fingerprint density at radius 3 is 2.38 bits per heavy atom. The molecule has 0 atom stereocenters. The summed E-state index contributed by atoms with van der Waals surface area (Å²) in [5, 5.41) is 9.11. The lowest BCUT2D eigenvalue weighted by Crippen LogP contribution is -2.15. The van der Waals surface area contributed by atoms with E-state index in [9.17, 15) is 0 Å². The smallest absolute Gasteiger partial charge is 0.0569 e. The molecule has 1 heteroatoms. The molecule has 1 N–H and O–H groups in total. The quantitative estimate of drug-likeness (QED) is 0.551. The van der Waals surface area contributed by atoms with Gasteiger partial charge in [0.1, 0.15) is 0 Å². The van der Waals surface area contributed by atoms with Gasteiger partial charge in [0.15, 0.2) is 0 Å². The molecule has 8 heavy (non-hydrogen) atoms. The first-order chi connectivity index (χ1) is 4.46. The first-order valence-electron chi connectivity index (χ1n) is 4.18. The predicted molar refractivity (Wildman–Crippen MR) is 33.7 cm³/mol. The summed E-state index contributed by atoms with van der Waals surface area (Å²) in [6, 6.07) is 0. The Kier molecular flexibility index (Phi) is 1.00. The zero-order chi connectivity index (χ0) is 7.83. The van der Waals surface area contributed by atoms with Crippen molar-refractivity contribution in [2.45, 2.75) is 32.6 Å². The molecule has 0 saturated heterocycles. The molecule has 0 bridgehead atoms. The van der Waals surface area contributed by atoms with Crippen LogP contribution in [0, 0.1) is 5.41 Å². The van der Waals surface area contributed by atoms with Gasteiger partial charge in [-0.1, -0.05) is 19.8 Å². The first kappa shape index (κ1) is 3.89. The van der Waals surface area contributed by atoms with Crippen LogP contribution in [-0.4, -0.2) is 11.7 Å². The molecule has 1 rings (SSSR count). The van der Waals surface area contributed by atoms with Crippen LogP contribution in [0.3, 0.4) is 0 Å². The predicted octanol–water partition coefficient (Wildman–Crippen LogP) is 1.56. The molecular formula is C7H14O. The van der Waals surface area contributed by atoms with Gasteiger partial charge in [-0.05, 0) is 18.3 Å². The highest BCUT2D eigenvalue weighted by molar-refractivity contribution is 4.78. The van der Waals surface area contributed by atoms with E-state index < -0.39 is 12.0 Å². The molecule has 1 aliphatic rings. The molecule has 0 amide bonds. The van der Waals surface area contributed by atoms with Crippen molar-refractivity contribution >= 4 is 0 Å². The fraction of sp³-hybridized carbons (Fsp3) is 1.00. The molecule has 0 aromatic carbocycles. The van der Waals surface area contributed by atoms with Crippen molar-refractivity contribution in [1.82, 2.24) is 0 Å². The Morgan fingerprint density at radius 2 is 2.12 bits per heavy atom. The summed E-state index contributed by atoms with van der Waals surface area (Å²) >= 11 is 0. The molecular weight excluding hydrogens is 100 g/mol. The van der Waals surface area contributed by atoms with E-state index in [1.165, 1.54) is 0 Å². The van der Waals surface area contributed by atoms with Crippen LogP contribution < -0.4 is 0 Å². The summed E-state index contributed by atoms with van der Waals surface area (Å²) in [5.41, 5.74) is -0.479. The Balaban J connectivity index is 2.67. The van der Waals surface area contributed by atoms with Crippen molar-refractivity contribution in [3.05, 3.63) is 0 Å². The van der Waals surface area contributed by atoms with Crippen molar-refractivity contribution in [2.75, 3.05) is 6.56 Å². The lowest BCUT2D eigenvalue weighted by Gasteiger charge is -2.18. The van der Waals surface area contributed by atoms with Gasteiger partial charge in [0.25, 0.3) is 0 Å². The van der Waals surface area contributed by atoms with Crippen molar-refractivity contribution in [3.63, 3.8) is 0 Å². The van der Waals surface area contributed by atoms with E-state index in [4.69, 9.17) is 7.85 Å². The Labute approximate surface area is 53.5 Å². The Morgan fingerprint density at radius 1 is 1.62 bits per heavy atom. The summed E-state index contributed by atoms with van der Waals surface area (Å²) in [6.07, 6.45) is 3.74. The minimum absolute atomic E-state index is 0.479. The van der Waals surface area contributed by atoms with E-state index in [2.05, 4.69) is 0 Å². The van der Waals surface area contributed by atoms with Crippen molar-refractivity contribution in [1.29, 1.82) is 0 Å². The van der Waals surface area contributed by atoms with E-state index in [0.29, 0.717) is 0 Å². The normalized spacial score (nSPS) is 31.8. The molecule has 0 spiro atoms. The maximum Gasteiger partial charge on any atom is 0.0569 e. The molecule has 48 valence electrons. The molecule has 0 heterocycles. The van der Waals surface area contributed by atoms with Gasteiger partial charge < -0.3 is 5.11 Å². The van der Waals surface area contributed by atoms with Crippen LogP contribution in [-0.2, 0) is 0 Å². The molecule has 1 aliphatic carbocycles. The molecule has 0 aliphatic heterocycles. The van der Waals surface area contributed by atoms with Crippen LogP contribution in [0.4, 0.5) is 0 Å². The van der Waals surface area contributed by atoms with Crippen molar-refractivity contribution in [2.24, 2.45) is 5.41 Å². The van der Waals surface area contributed by atoms with E-state index in [1.54, 1.807) is 0 Å². The summed E-state index contributed by atoms with van der Waals surface area (Å²) < 4.78 is 14.3. The van der Waals surface area contributed by atoms with Crippen LogP contribution in [0.25, 0.3) is 0 Å². The van der Waals surface area contributed by atoms with E-state index in [1.807, 2.05) is 6.92 Å². The molecule has 0 unspecified atom stereocenters. The van der Waals surface area contributed by atoms with Gasteiger partial charge in [-0.15, -0.1) is 0 Å². The van der Waals surface area contributed by atoms with E-state index in [0.717, 1.165) is 25.7 Å². The van der Waals surface area contributed by atoms with Crippen LogP contribution in [0.1, 0.15) is 35.3 Å². The third-order valence-electron chi connectivity index (χ3n) is 1.98. The monoisotopic (exact) mass is 116 g/mol. The highest BCUT2D eigenvalue weighted by atomic mass is 16.3. The molecule has 0 radical (unpaired) electrons. The minimum atomic E-state index is -1.98. The summed E-state index contributed by atoms with van der Waals surface area (Å²) in [6.45, 7) is -0.163. The van der Waals surface area contributed by atoms with Gasteiger partial charge in [0.2, 0.25) is 0 Å². The number of rotatable bonds is 1. The highest BCUT2D eigenvalue weighted by Gasteiger charge is 2.26. The Bertz CT molecular complexity index is 122. The number of hydrogen-bond donors (Lipinski definition) is 1. The standard InChI is InChI=1S/C7H14O/c1-7(6-8)4-2-3-5-7/h8H,2-6H2,1H3/i6D2. The zero-order valence-electron chi connectivity index (χ0n) is 7.28. The Hall–Kier alpha value is -0.0400. The van der Waals surface area contributed by atoms with Gasteiger partial charge in [-0.3, -0.25) is 0 Å². The summed E-state index contributed by atoms with van der Waals surface area (Å²) in [5.74, 6) is 0. The van der Waals surface area contributed by atoms with Gasteiger partial charge >= 0.3 is 0 Å². The van der Waals surface area contributed by atoms with Crippen LogP contribution >= 0.6 is 0 Å². The molecule has 0 aromatic heterocycles. The first-order valence-corrected chi connectivity index (χ1v) is 3.18. The van der Waals surface area contributed by atoms with Gasteiger partial charge in [0, 0.05) is 6.56 Å². The lowest BCUT2D eigenvalue weighted by molar-refractivity contribution is 0.149. The van der Waals surface area contributed by atoms with E-state index in [-0.39, 0.29) is 0 Å². The van der Waals surface area contributed by atoms with Crippen LogP contribution in [0.2, 0.25) is 0 Å². The molecule has 1 fully saturated rings. The van der Waals surface area contributed by atoms with Crippen molar-refractivity contribution < 1.29 is 7.85 Å². The fourth-order valence-corrected chi connectivity index (χ4v) is 1.27. The lowest BCUT2D eigenvalue weighted by atomic mass is 9.90. The number of aliphatic hydroxyl groups is 1. The van der Waals surface area contributed by atoms with Gasteiger partial charge in [-0.2, -0.15) is 0 Å². The van der Waals surface area contributed by atoms with Gasteiger partial charge in [0.05, 0.1) is 2.74 Å². The second kappa shape index (κ2) is 2.06. The minimum Gasteiger partial charge on any atom is -0.396 e. The number of hydrogen-bond acceptors (Lipinski definition) is 1. The average Bonchev–Trinajstić information content (AvgIpc) is 2.13. The molecule has 1 saturated carbocycles. The van der Waals surface area contributed by atoms with Crippen molar-refractivity contribution in [3.8, 4) is 0 Å². The summed E-state index contributed by atoms with van der Waals surface area (Å²) in [7, 11) is 0. The summed E-state index contributed by atoms with van der Waals surface area (Å²) in [4.78, 5) is 0. The fourth-order valence-electron chi connectivity index (χ4n) is 1.27. The molecule has 0 aromatic rings. The second-order valence-electron chi connectivity index (χ2n) is 2.88. The van der Waals surface area contributed by atoms with Gasteiger partial charge in [-0.25, -0.2) is 0 Å². The second-order valence-corrected chi connectivity index (χ2v) is 2.88. The molecule has 1 nitrogen and oxygen atoms in total. The average molecular weight is 116 g/mol. The van der Waals surface area contributed by atoms with E-state index >= 15 is 0 Å². The maximum absolute atomic E-state index is 9.11. The maximum atomic E-state index is 9.11. The van der Waals surface area contributed by atoms with Crippen LogP contribution in [0.5, 0.6) is 0 Å². The third kappa shape index (κ3) is 1.03. The largest absolute Gasteiger partial charge is 0.396 e.